The lowest BCUT2D eigenvalue weighted by molar-refractivity contribution is -0.137. The van der Waals surface area contributed by atoms with Gasteiger partial charge in [-0.15, -0.1) is 0 Å². The first-order valence-electron chi connectivity index (χ1n) is 6.57. The minimum absolute atomic E-state index is 0.363. The van der Waals surface area contributed by atoms with Gasteiger partial charge < -0.3 is 4.43 Å². The molecule has 2 rings (SSSR count). The maximum atomic E-state index is 12.7. The summed E-state index contributed by atoms with van der Waals surface area (Å²) in [6.07, 6.45) is -4.32. The molecule has 21 heavy (non-hydrogen) atoms. The van der Waals surface area contributed by atoms with E-state index >= 15 is 0 Å². The molecule has 0 unspecified atom stereocenters. The van der Waals surface area contributed by atoms with Gasteiger partial charge in [0.2, 0.25) is 0 Å². The molecule has 0 aliphatic heterocycles. The molecule has 0 saturated heterocycles. The maximum Gasteiger partial charge on any atom is 0.416 e. The van der Waals surface area contributed by atoms with E-state index in [2.05, 4.69) is 0 Å². The molecule has 0 atom stereocenters. The second-order valence-electron chi connectivity index (χ2n) is 5.37. The monoisotopic (exact) mass is 310 g/mol. The van der Waals surface area contributed by atoms with Crippen LogP contribution in [-0.4, -0.2) is 10.5 Å². The molecule has 0 amide bonds. The number of hydrogen-bond acceptors (Lipinski definition) is 1. The largest absolute Gasteiger partial charge is 0.419 e. The fourth-order valence-corrected chi connectivity index (χ4v) is 2.29. The first-order chi connectivity index (χ1) is 9.74. The summed E-state index contributed by atoms with van der Waals surface area (Å²) in [7, 11) is 0.624. The van der Waals surface area contributed by atoms with Crippen LogP contribution in [0.1, 0.15) is 25.0 Å². The number of rotatable bonds is 3. The van der Waals surface area contributed by atoms with Crippen LogP contribution in [0.2, 0.25) is 0 Å². The Balaban J connectivity index is 2.36. The highest BCUT2D eigenvalue weighted by Crippen LogP contribution is 2.33. The highest BCUT2D eigenvalue weighted by molar-refractivity contribution is 5.98. The van der Waals surface area contributed by atoms with E-state index in [1.54, 1.807) is 6.07 Å². The van der Waals surface area contributed by atoms with E-state index in [0.29, 0.717) is 16.0 Å². The van der Waals surface area contributed by atoms with Crippen LogP contribution in [0.3, 0.4) is 0 Å². The summed E-state index contributed by atoms with van der Waals surface area (Å²) in [6.45, 7) is 3.94. The Labute approximate surface area is 125 Å². The summed E-state index contributed by atoms with van der Waals surface area (Å²) >= 11 is 0. The van der Waals surface area contributed by atoms with Gasteiger partial charge in [-0.05, 0) is 42.7 Å². The van der Waals surface area contributed by atoms with Crippen LogP contribution in [-0.2, 0) is 16.2 Å². The summed E-state index contributed by atoms with van der Waals surface area (Å²) in [6, 6.07) is 12.8. The van der Waals surface area contributed by atoms with Crippen molar-refractivity contribution in [3.63, 3.8) is 0 Å². The maximum absolute atomic E-state index is 12.7. The van der Waals surface area contributed by atoms with Crippen LogP contribution in [0.15, 0.2) is 48.5 Å². The lowest BCUT2D eigenvalue weighted by atomic mass is 9.95. The third-order valence-corrected chi connectivity index (χ3v) is 4.63. The molecule has 0 bridgehead atoms. The molecule has 112 valence electrons. The topological polar surface area (TPSA) is 9.23 Å². The summed E-state index contributed by atoms with van der Waals surface area (Å²) in [5.41, 5.74) is 1.33. The molecule has 2 aromatic carbocycles. The van der Waals surface area contributed by atoms with Crippen LogP contribution >= 0.6 is 0 Å². The van der Waals surface area contributed by atoms with E-state index in [1.807, 2.05) is 38.1 Å². The molecular formula is C16H17F3OSi. The van der Waals surface area contributed by atoms with Crippen molar-refractivity contribution in [2.45, 2.75) is 25.6 Å². The van der Waals surface area contributed by atoms with Gasteiger partial charge in [0, 0.05) is 0 Å². The molecule has 0 heterocycles. The van der Waals surface area contributed by atoms with Crippen LogP contribution in [0.4, 0.5) is 13.2 Å². The van der Waals surface area contributed by atoms with Crippen LogP contribution in [0.5, 0.6) is 0 Å². The molecule has 0 spiro atoms. The quantitative estimate of drug-likeness (QED) is 0.781. The van der Waals surface area contributed by atoms with Gasteiger partial charge in [-0.2, -0.15) is 13.2 Å². The lowest BCUT2D eigenvalue weighted by Gasteiger charge is -2.24. The van der Waals surface area contributed by atoms with Crippen molar-refractivity contribution in [3.05, 3.63) is 59.7 Å². The Hall–Kier alpha value is -1.59. The minimum Gasteiger partial charge on any atom is -0.419 e. The second-order valence-corrected chi connectivity index (χ2v) is 5.78. The van der Waals surface area contributed by atoms with E-state index < -0.39 is 11.7 Å². The second kappa shape index (κ2) is 5.65. The van der Waals surface area contributed by atoms with Gasteiger partial charge in [-0.3, -0.25) is 0 Å². The Kier molecular flexibility index (Phi) is 4.25. The Bertz CT molecular complexity index is 618. The Morgan fingerprint density at radius 1 is 0.857 bits per heavy atom. The molecule has 0 aromatic heterocycles. The summed E-state index contributed by atoms with van der Waals surface area (Å²) in [5, 5.41) is 0. The zero-order valence-corrected chi connectivity index (χ0v) is 14.2. The normalized spacial score (nSPS) is 12.6. The van der Waals surface area contributed by atoms with Crippen molar-refractivity contribution in [2.24, 2.45) is 0 Å². The van der Waals surface area contributed by atoms with Gasteiger partial charge in [0.05, 0.1) is 11.2 Å². The predicted molar refractivity (Wildman–Crippen MR) is 80.9 cm³/mol. The van der Waals surface area contributed by atoms with Crippen LogP contribution in [0, 0.1) is 0 Å². The van der Waals surface area contributed by atoms with Gasteiger partial charge >= 0.3 is 6.18 Å². The molecule has 0 N–H and O–H groups in total. The average Bonchev–Trinajstić information content (AvgIpc) is 2.47. The van der Waals surface area contributed by atoms with Crippen molar-refractivity contribution in [1.29, 1.82) is 0 Å². The third-order valence-electron chi connectivity index (χ3n) is 3.61. The van der Waals surface area contributed by atoms with Crippen LogP contribution < -0.4 is 0 Å². The molecule has 0 aliphatic carbocycles. The average molecular weight is 310 g/mol. The van der Waals surface area contributed by atoms with Crippen molar-refractivity contribution in [2.75, 3.05) is 0 Å². The summed E-state index contributed by atoms with van der Waals surface area (Å²) < 4.78 is 43.7. The fourth-order valence-electron chi connectivity index (χ4n) is 2.06. The molecule has 5 heteroatoms. The molecule has 0 fully saturated rings. The molecule has 0 radical (unpaired) electrons. The molecule has 0 saturated carbocycles. The fraction of sp³-hybridized carbons (Fsp3) is 0.250. The Morgan fingerprint density at radius 2 is 1.48 bits per heavy atom. The predicted octanol–water partition coefficient (Wildman–Crippen LogP) is 3.90. The molecule has 0 aliphatic rings. The summed E-state index contributed by atoms with van der Waals surface area (Å²) in [4.78, 5) is 0. The van der Waals surface area contributed by atoms with E-state index in [0.717, 1.165) is 17.2 Å². The van der Waals surface area contributed by atoms with Crippen molar-refractivity contribution >= 4 is 10.5 Å². The first kappa shape index (κ1) is 15.8. The number of hydrogen-bond donors (Lipinski definition) is 0. The standard InChI is InChI=1S/C16H17F3OSi/c1-15(2,20-21)13-8-6-11(7-9-13)12-4-3-5-14(10-12)16(17,18)19/h3-10H,1-2,21H3. The van der Waals surface area contributed by atoms with Crippen molar-refractivity contribution in [3.8, 4) is 11.1 Å². The number of alkyl halides is 3. The first-order valence-corrected chi connectivity index (χ1v) is 7.39. The van der Waals surface area contributed by atoms with Gasteiger partial charge in [-0.25, -0.2) is 0 Å². The van der Waals surface area contributed by atoms with Crippen molar-refractivity contribution < 1.29 is 17.6 Å². The third kappa shape index (κ3) is 3.54. The van der Waals surface area contributed by atoms with Gasteiger partial charge in [0.1, 0.15) is 10.5 Å². The highest BCUT2D eigenvalue weighted by atomic mass is 28.2. The Morgan fingerprint density at radius 3 is 2.00 bits per heavy atom. The molecular weight excluding hydrogens is 293 g/mol. The highest BCUT2D eigenvalue weighted by Gasteiger charge is 2.30. The van der Waals surface area contributed by atoms with Gasteiger partial charge in [-0.1, -0.05) is 36.4 Å². The molecule has 2 aromatic rings. The molecule has 1 nitrogen and oxygen atoms in total. The number of halogens is 3. The van der Waals surface area contributed by atoms with E-state index in [4.69, 9.17) is 4.43 Å². The zero-order valence-electron chi connectivity index (χ0n) is 12.2. The SMILES string of the molecule is CC(C)(O[SiH3])c1ccc(-c2cccc(C(F)(F)F)c2)cc1. The smallest absolute Gasteiger partial charge is 0.416 e. The van der Waals surface area contributed by atoms with E-state index in [9.17, 15) is 13.2 Å². The zero-order chi connectivity index (χ0) is 15.7. The van der Waals surface area contributed by atoms with E-state index in [1.165, 1.54) is 12.1 Å². The minimum atomic E-state index is -4.32. The van der Waals surface area contributed by atoms with E-state index in [-0.39, 0.29) is 5.60 Å². The lowest BCUT2D eigenvalue weighted by Crippen LogP contribution is -2.19. The van der Waals surface area contributed by atoms with Gasteiger partial charge in [0.15, 0.2) is 0 Å². The van der Waals surface area contributed by atoms with Gasteiger partial charge in [0.25, 0.3) is 0 Å². The number of benzene rings is 2. The van der Waals surface area contributed by atoms with Crippen molar-refractivity contribution in [1.82, 2.24) is 0 Å². The summed E-state index contributed by atoms with van der Waals surface area (Å²) in [5.74, 6) is 0. The van der Waals surface area contributed by atoms with Crippen LogP contribution in [0.25, 0.3) is 11.1 Å².